The van der Waals surface area contributed by atoms with E-state index in [-0.39, 0.29) is 11.9 Å². The number of rotatable bonds is 8. The first-order valence-electron chi connectivity index (χ1n) is 9.39. The first-order chi connectivity index (χ1) is 12.8. The van der Waals surface area contributed by atoms with E-state index in [4.69, 9.17) is 9.47 Å². The number of nitrogens with zero attached hydrogens (tertiary/aromatic N) is 1. The van der Waals surface area contributed by atoms with Crippen LogP contribution in [-0.4, -0.2) is 27.2 Å². The number of methoxy groups -OCH3 is 1. The van der Waals surface area contributed by atoms with Gasteiger partial charge in [-0.15, -0.1) is 0 Å². The fourth-order valence-electron chi connectivity index (χ4n) is 3.36. The predicted octanol–water partition coefficient (Wildman–Crippen LogP) is 5.27. The SMILES string of the molecule is CCC(C)(Pc1ccc(C)cc1/C=N/C)c1cc(C)cc(C)c1OCOC. The van der Waals surface area contributed by atoms with Gasteiger partial charge in [-0.3, -0.25) is 4.99 Å². The zero-order valence-electron chi connectivity index (χ0n) is 17.6. The molecule has 2 rings (SSSR count). The van der Waals surface area contributed by atoms with Gasteiger partial charge in [-0.1, -0.05) is 57.8 Å². The molecule has 0 aliphatic carbocycles. The maximum Gasteiger partial charge on any atom is 0.188 e. The molecule has 2 atom stereocenters. The second kappa shape index (κ2) is 9.48. The van der Waals surface area contributed by atoms with Gasteiger partial charge in [0.05, 0.1) is 0 Å². The van der Waals surface area contributed by atoms with Crippen LogP contribution in [-0.2, 0) is 9.89 Å². The minimum absolute atomic E-state index is 0.0224. The van der Waals surface area contributed by atoms with Gasteiger partial charge in [0.15, 0.2) is 6.79 Å². The molecule has 0 N–H and O–H groups in total. The van der Waals surface area contributed by atoms with Crippen LogP contribution in [0.2, 0.25) is 0 Å². The summed E-state index contributed by atoms with van der Waals surface area (Å²) >= 11 is 0. The largest absolute Gasteiger partial charge is 0.467 e. The molecule has 0 aromatic heterocycles. The zero-order chi connectivity index (χ0) is 20.0. The molecular weight excluding hydrogens is 353 g/mol. The molecule has 0 saturated heterocycles. The van der Waals surface area contributed by atoms with Crippen molar-refractivity contribution in [3.63, 3.8) is 0 Å². The zero-order valence-corrected chi connectivity index (χ0v) is 18.6. The van der Waals surface area contributed by atoms with Gasteiger partial charge in [-0.25, -0.2) is 0 Å². The van der Waals surface area contributed by atoms with Crippen molar-refractivity contribution in [3.8, 4) is 5.75 Å². The third-order valence-corrected chi connectivity index (χ3v) is 6.83. The molecule has 27 heavy (non-hydrogen) atoms. The molecule has 2 aromatic rings. The van der Waals surface area contributed by atoms with Crippen molar-refractivity contribution in [1.29, 1.82) is 0 Å². The second-order valence-corrected chi connectivity index (χ2v) is 9.19. The molecular formula is C23H32NO2P. The van der Waals surface area contributed by atoms with Crippen LogP contribution >= 0.6 is 8.58 Å². The van der Waals surface area contributed by atoms with Crippen LogP contribution in [0.1, 0.15) is 48.1 Å². The third-order valence-electron chi connectivity index (χ3n) is 4.93. The summed E-state index contributed by atoms with van der Waals surface area (Å²) in [4.78, 5) is 4.26. The maximum absolute atomic E-state index is 6.01. The Hall–Kier alpha value is -1.70. The number of aliphatic imine (C=N–C) groups is 1. The summed E-state index contributed by atoms with van der Waals surface area (Å²) in [7, 11) is 4.10. The van der Waals surface area contributed by atoms with Crippen molar-refractivity contribution in [1.82, 2.24) is 0 Å². The Morgan fingerprint density at radius 2 is 1.85 bits per heavy atom. The summed E-state index contributed by atoms with van der Waals surface area (Å²) in [6.07, 6.45) is 2.99. The third kappa shape index (κ3) is 5.18. The molecule has 0 fully saturated rings. The topological polar surface area (TPSA) is 30.8 Å². The Kier molecular flexibility index (Phi) is 7.59. The smallest absolute Gasteiger partial charge is 0.188 e. The van der Waals surface area contributed by atoms with E-state index in [2.05, 4.69) is 69.9 Å². The highest BCUT2D eigenvalue weighted by molar-refractivity contribution is 7.48. The van der Waals surface area contributed by atoms with Crippen molar-refractivity contribution in [2.75, 3.05) is 21.0 Å². The van der Waals surface area contributed by atoms with Crippen LogP contribution in [0.5, 0.6) is 5.75 Å². The number of aryl methyl sites for hydroxylation is 3. The Bertz CT molecular complexity index is 816. The number of hydrogen-bond donors (Lipinski definition) is 0. The van der Waals surface area contributed by atoms with Gasteiger partial charge in [0.25, 0.3) is 0 Å². The molecule has 4 heteroatoms. The summed E-state index contributed by atoms with van der Waals surface area (Å²) in [6, 6.07) is 11.1. The highest BCUT2D eigenvalue weighted by Crippen LogP contribution is 2.48. The van der Waals surface area contributed by atoms with Crippen LogP contribution in [0.4, 0.5) is 0 Å². The molecule has 0 radical (unpaired) electrons. The molecule has 0 heterocycles. The Balaban J connectivity index is 2.55. The molecule has 0 aliphatic heterocycles. The van der Waals surface area contributed by atoms with E-state index in [0.29, 0.717) is 8.58 Å². The summed E-state index contributed by atoms with van der Waals surface area (Å²) in [6.45, 7) is 11.2. The van der Waals surface area contributed by atoms with Crippen LogP contribution in [0, 0.1) is 20.8 Å². The summed E-state index contributed by atoms with van der Waals surface area (Å²) in [5.74, 6) is 0.956. The number of hydrogen-bond acceptors (Lipinski definition) is 3. The lowest BCUT2D eigenvalue weighted by atomic mass is 9.92. The molecule has 146 valence electrons. The van der Waals surface area contributed by atoms with Crippen molar-refractivity contribution >= 4 is 20.1 Å². The predicted molar refractivity (Wildman–Crippen MR) is 119 cm³/mol. The highest BCUT2D eigenvalue weighted by atomic mass is 31.1. The monoisotopic (exact) mass is 385 g/mol. The van der Waals surface area contributed by atoms with Gasteiger partial charge in [0.1, 0.15) is 5.75 Å². The Morgan fingerprint density at radius 1 is 1.11 bits per heavy atom. The summed E-state index contributed by atoms with van der Waals surface area (Å²) in [5.41, 5.74) is 6.14. The molecule has 2 unspecified atom stereocenters. The van der Waals surface area contributed by atoms with E-state index in [1.165, 1.54) is 27.6 Å². The van der Waals surface area contributed by atoms with E-state index >= 15 is 0 Å². The van der Waals surface area contributed by atoms with E-state index in [0.717, 1.165) is 17.7 Å². The van der Waals surface area contributed by atoms with Gasteiger partial charge in [0, 0.05) is 31.1 Å². The van der Waals surface area contributed by atoms with Crippen LogP contribution in [0.3, 0.4) is 0 Å². The normalized spacial score (nSPS) is 14.2. The lowest BCUT2D eigenvalue weighted by Gasteiger charge is -2.32. The van der Waals surface area contributed by atoms with Crippen LogP contribution in [0.25, 0.3) is 0 Å². The Labute approximate surface area is 166 Å². The van der Waals surface area contributed by atoms with Crippen LogP contribution in [0.15, 0.2) is 35.3 Å². The van der Waals surface area contributed by atoms with Gasteiger partial charge < -0.3 is 9.47 Å². The second-order valence-electron chi connectivity index (χ2n) is 7.30. The first-order valence-corrected chi connectivity index (χ1v) is 10.4. The van der Waals surface area contributed by atoms with E-state index in [9.17, 15) is 0 Å². The van der Waals surface area contributed by atoms with Crippen molar-refractivity contribution in [3.05, 3.63) is 58.1 Å². The van der Waals surface area contributed by atoms with E-state index in [1.54, 1.807) is 7.11 Å². The molecule has 0 saturated carbocycles. The standard InChI is InChI=1S/C23H32NO2P/c1-8-23(5,27-21-10-9-16(2)12-19(21)14-24-6)20-13-17(3)11-18(4)22(20)26-15-25-7/h9-14,27H,8,15H2,1-7H3/b24-14+. The lowest BCUT2D eigenvalue weighted by Crippen LogP contribution is -2.22. The maximum atomic E-state index is 6.01. The van der Waals surface area contributed by atoms with E-state index < -0.39 is 0 Å². The van der Waals surface area contributed by atoms with Gasteiger partial charge in [-0.05, 0) is 49.7 Å². The highest BCUT2D eigenvalue weighted by Gasteiger charge is 2.30. The Morgan fingerprint density at radius 3 is 2.48 bits per heavy atom. The van der Waals surface area contributed by atoms with Crippen molar-refractivity contribution in [2.45, 2.75) is 46.2 Å². The minimum Gasteiger partial charge on any atom is -0.467 e. The molecule has 0 amide bonds. The summed E-state index contributed by atoms with van der Waals surface area (Å²) < 4.78 is 11.2. The van der Waals surface area contributed by atoms with Crippen molar-refractivity contribution in [2.24, 2.45) is 4.99 Å². The number of benzene rings is 2. The van der Waals surface area contributed by atoms with Crippen molar-refractivity contribution < 1.29 is 9.47 Å². The van der Waals surface area contributed by atoms with E-state index in [1.807, 2.05) is 13.3 Å². The van der Waals surface area contributed by atoms with Gasteiger partial charge >= 0.3 is 0 Å². The fraction of sp³-hybridized carbons (Fsp3) is 0.435. The lowest BCUT2D eigenvalue weighted by molar-refractivity contribution is 0.0495. The number of ether oxygens (including phenoxy) is 2. The fourth-order valence-corrected chi connectivity index (χ4v) is 4.90. The van der Waals surface area contributed by atoms with Gasteiger partial charge in [-0.2, -0.15) is 0 Å². The average molecular weight is 385 g/mol. The molecule has 0 spiro atoms. The molecule has 3 nitrogen and oxygen atoms in total. The minimum atomic E-state index is -0.0224. The molecule has 0 aliphatic rings. The average Bonchev–Trinajstić information content (AvgIpc) is 2.63. The molecule has 0 bridgehead atoms. The quantitative estimate of drug-likeness (QED) is 0.352. The molecule has 2 aromatic carbocycles. The van der Waals surface area contributed by atoms with Gasteiger partial charge in [0.2, 0.25) is 0 Å². The first kappa shape index (κ1) is 21.6. The summed E-state index contributed by atoms with van der Waals surface area (Å²) in [5, 5.41) is 1.32. The van der Waals surface area contributed by atoms with Crippen LogP contribution < -0.4 is 10.0 Å².